The van der Waals surface area contributed by atoms with Crippen molar-refractivity contribution >= 4 is 50.7 Å². The van der Waals surface area contributed by atoms with E-state index in [2.05, 4.69) is 5.32 Å². The molecule has 1 amide bonds. The molecular weight excluding hydrogens is 540 g/mol. The minimum atomic E-state index is -4.07. The van der Waals surface area contributed by atoms with Crippen LogP contribution in [0.15, 0.2) is 113 Å². The van der Waals surface area contributed by atoms with Crippen molar-refractivity contribution in [2.45, 2.75) is 22.5 Å². The van der Waals surface area contributed by atoms with Crippen LogP contribution in [0.1, 0.15) is 12.5 Å². The van der Waals surface area contributed by atoms with Gasteiger partial charge in [-0.2, -0.15) is 0 Å². The van der Waals surface area contributed by atoms with Crippen molar-refractivity contribution in [1.29, 1.82) is 0 Å². The molecule has 0 aliphatic rings. The highest BCUT2D eigenvalue weighted by molar-refractivity contribution is 7.98. The first-order valence-corrected chi connectivity index (χ1v) is 14.7. The van der Waals surface area contributed by atoms with E-state index in [1.54, 1.807) is 60.3 Å². The number of nitrogens with zero attached hydrogens (tertiary/aromatic N) is 1. The zero-order chi connectivity index (χ0) is 27.0. The van der Waals surface area contributed by atoms with E-state index in [9.17, 15) is 13.2 Å². The van der Waals surface area contributed by atoms with Gasteiger partial charge in [0.25, 0.3) is 10.0 Å². The van der Waals surface area contributed by atoms with Crippen LogP contribution in [0.3, 0.4) is 0 Å². The molecule has 9 heteroatoms. The highest BCUT2D eigenvalue weighted by Gasteiger charge is 2.29. The topological polar surface area (TPSA) is 75.7 Å². The Balaban J connectivity index is 1.59. The number of amides is 1. The van der Waals surface area contributed by atoms with Crippen LogP contribution in [0.4, 0.5) is 11.4 Å². The molecule has 0 aliphatic carbocycles. The minimum absolute atomic E-state index is 0.0815. The number of hydrogen-bond donors (Lipinski definition) is 1. The minimum Gasteiger partial charge on any atom is -0.492 e. The number of nitrogens with one attached hydrogen (secondary N) is 1. The third-order valence-electron chi connectivity index (χ3n) is 5.52. The number of sulfonamides is 1. The second-order valence-electron chi connectivity index (χ2n) is 8.18. The van der Waals surface area contributed by atoms with Gasteiger partial charge in [-0.1, -0.05) is 66.2 Å². The molecule has 0 atom stereocenters. The van der Waals surface area contributed by atoms with E-state index >= 15 is 0 Å². The van der Waals surface area contributed by atoms with E-state index in [0.717, 1.165) is 14.8 Å². The Bertz CT molecular complexity index is 1480. The highest BCUT2D eigenvalue weighted by Crippen LogP contribution is 2.33. The van der Waals surface area contributed by atoms with Crippen LogP contribution in [0.5, 0.6) is 5.75 Å². The molecule has 0 heterocycles. The molecule has 0 fully saturated rings. The fraction of sp³-hybridized carbons (Fsp3) is 0.138. The summed E-state index contributed by atoms with van der Waals surface area (Å²) in [5.74, 6) is 0.580. The average Bonchev–Trinajstić information content (AvgIpc) is 2.93. The van der Waals surface area contributed by atoms with E-state index in [-0.39, 0.29) is 4.90 Å². The van der Waals surface area contributed by atoms with Gasteiger partial charge in [-0.25, -0.2) is 8.42 Å². The van der Waals surface area contributed by atoms with Crippen molar-refractivity contribution in [2.24, 2.45) is 0 Å². The van der Waals surface area contributed by atoms with E-state index in [0.29, 0.717) is 34.5 Å². The summed E-state index contributed by atoms with van der Waals surface area (Å²) in [6.45, 7) is 1.73. The fourth-order valence-corrected chi connectivity index (χ4v) is 6.26. The third-order valence-corrected chi connectivity index (χ3v) is 8.69. The number of thioether (sulfide) groups is 1. The van der Waals surface area contributed by atoms with Crippen molar-refractivity contribution < 1.29 is 17.9 Å². The summed E-state index contributed by atoms with van der Waals surface area (Å²) in [7, 11) is -4.07. The van der Waals surface area contributed by atoms with Crippen LogP contribution in [0.2, 0.25) is 5.02 Å². The predicted octanol–water partition coefficient (Wildman–Crippen LogP) is 6.87. The standard InChI is InChI=1S/C29H27ClN2O4S2/c1-2-36-27-14-8-7-13-26(27)32(38(34,35)24-10-4-3-5-11-24)20-29(33)31-25-12-6-9-15-28(25)37-21-22-16-18-23(30)19-17-22/h3-19H,2,20-21H2,1H3,(H,31,33). The maximum absolute atomic E-state index is 13.7. The highest BCUT2D eigenvalue weighted by atomic mass is 35.5. The van der Waals surface area contributed by atoms with Crippen LogP contribution in [-0.2, 0) is 20.6 Å². The molecule has 0 bridgehead atoms. The van der Waals surface area contributed by atoms with Gasteiger partial charge in [-0.15, -0.1) is 11.8 Å². The Morgan fingerprint density at radius 3 is 2.29 bits per heavy atom. The molecule has 4 rings (SSSR count). The SMILES string of the molecule is CCOc1ccccc1N(CC(=O)Nc1ccccc1SCc1ccc(Cl)cc1)S(=O)(=O)c1ccccc1. The lowest BCUT2D eigenvalue weighted by molar-refractivity contribution is -0.114. The van der Waals surface area contributed by atoms with Gasteiger partial charge in [0, 0.05) is 15.7 Å². The van der Waals surface area contributed by atoms with Gasteiger partial charge >= 0.3 is 0 Å². The summed E-state index contributed by atoms with van der Waals surface area (Å²) < 4.78 is 34.2. The summed E-state index contributed by atoms with van der Waals surface area (Å²) in [6.07, 6.45) is 0. The molecule has 0 unspecified atom stereocenters. The summed E-state index contributed by atoms with van der Waals surface area (Å²) in [4.78, 5) is 14.3. The van der Waals surface area contributed by atoms with Gasteiger partial charge in [0.05, 0.1) is 22.9 Å². The lowest BCUT2D eigenvalue weighted by atomic mass is 10.2. The molecule has 4 aromatic carbocycles. The number of carbonyl (C=O) groups is 1. The fourth-order valence-electron chi connectivity index (χ4n) is 3.72. The van der Waals surface area contributed by atoms with Crippen molar-refractivity contribution in [3.8, 4) is 5.75 Å². The Kier molecular flexibility index (Phi) is 9.33. The first-order valence-electron chi connectivity index (χ1n) is 11.9. The monoisotopic (exact) mass is 566 g/mol. The van der Waals surface area contributed by atoms with Gasteiger partial charge in [0.1, 0.15) is 12.3 Å². The number of carbonyl (C=O) groups excluding carboxylic acids is 1. The number of benzene rings is 4. The van der Waals surface area contributed by atoms with Gasteiger partial charge in [0.2, 0.25) is 5.91 Å². The number of halogens is 1. The van der Waals surface area contributed by atoms with Crippen molar-refractivity contribution in [3.05, 3.63) is 114 Å². The lowest BCUT2D eigenvalue weighted by Gasteiger charge is -2.26. The normalized spacial score (nSPS) is 11.1. The molecule has 6 nitrogen and oxygen atoms in total. The molecule has 196 valence electrons. The van der Waals surface area contributed by atoms with Crippen LogP contribution in [0.25, 0.3) is 0 Å². The molecule has 1 N–H and O–H groups in total. The molecule has 0 spiro atoms. The largest absolute Gasteiger partial charge is 0.492 e. The number of anilines is 2. The number of para-hydroxylation sites is 3. The van der Waals surface area contributed by atoms with Gasteiger partial charge in [-0.3, -0.25) is 9.10 Å². The smallest absolute Gasteiger partial charge is 0.264 e. The molecule has 4 aromatic rings. The molecule has 38 heavy (non-hydrogen) atoms. The third kappa shape index (κ3) is 6.89. The number of hydrogen-bond acceptors (Lipinski definition) is 5. The van der Waals surface area contributed by atoms with Gasteiger partial charge < -0.3 is 10.1 Å². The van der Waals surface area contributed by atoms with E-state index in [1.165, 1.54) is 12.1 Å². The zero-order valence-electron chi connectivity index (χ0n) is 20.7. The van der Waals surface area contributed by atoms with Gasteiger partial charge in [-0.05, 0) is 61.0 Å². The molecule has 0 aliphatic heterocycles. The van der Waals surface area contributed by atoms with Crippen LogP contribution < -0.4 is 14.4 Å². The summed E-state index contributed by atoms with van der Waals surface area (Å²) >= 11 is 7.55. The zero-order valence-corrected chi connectivity index (χ0v) is 23.1. The number of rotatable bonds is 11. The number of ether oxygens (including phenoxy) is 1. The molecule has 0 saturated carbocycles. The Hall–Kier alpha value is -3.46. The van der Waals surface area contributed by atoms with Crippen LogP contribution >= 0.6 is 23.4 Å². The first-order chi connectivity index (χ1) is 18.4. The second-order valence-corrected chi connectivity index (χ2v) is 11.5. The second kappa shape index (κ2) is 12.9. The van der Waals surface area contributed by atoms with Crippen molar-refractivity contribution in [1.82, 2.24) is 0 Å². The van der Waals surface area contributed by atoms with Crippen LogP contribution in [0, 0.1) is 0 Å². The summed E-state index contributed by atoms with van der Waals surface area (Å²) in [5.41, 5.74) is 1.98. The van der Waals surface area contributed by atoms with E-state index in [4.69, 9.17) is 16.3 Å². The summed E-state index contributed by atoms with van der Waals surface area (Å²) in [6, 6.07) is 29.9. The van der Waals surface area contributed by atoms with E-state index < -0.39 is 22.5 Å². The average molecular weight is 567 g/mol. The predicted molar refractivity (Wildman–Crippen MR) is 155 cm³/mol. The molecule has 0 saturated heterocycles. The Morgan fingerprint density at radius 2 is 1.55 bits per heavy atom. The summed E-state index contributed by atoms with van der Waals surface area (Å²) in [5, 5.41) is 3.58. The Labute approximate surface area is 232 Å². The maximum Gasteiger partial charge on any atom is 0.264 e. The van der Waals surface area contributed by atoms with E-state index in [1.807, 2.05) is 49.4 Å². The van der Waals surface area contributed by atoms with Crippen molar-refractivity contribution in [3.63, 3.8) is 0 Å². The quantitative estimate of drug-likeness (QED) is 0.201. The lowest BCUT2D eigenvalue weighted by Crippen LogP contribution is -2.38. The molecular formula is C29H27ClN2O4S2. The van der Waals surface area contributed by atoms with Gasteiger partial charge in [0.15, 0.2) is 0 Å². The first kappa shape index (κ1) is 27.6. The molecule has 0 aromatic heterocycles. The van der Waals surface area contributed by atoms with Crippen molar-refractivity contribution in [2.75, 3.05) is 22.8 Å². The van der Waals surface area contributed by atoms with Crippen LogP contribution in [-0.4, -0.2) is 27.5 Å². The Morgan fingerprint density at radius 1 is 0.895 bits per heavy atom. The molecule has 0 radical (unpaired) electrons. The maximum atomic E-state index is 13.7.